The third-order valence-corrected chi connectivity index (χ3v) is 6.09. The van der Waals surface area contributed by atoms with Gasteiger partial charge < -0.3 is 19.9 Å². The summed E-state index contributed by atoms with van der Waals surface area (Å²) in [6, 6.07) is 22.5. The summed E-state index contributed by atoms with van der Waals surface area (Å²) < 4.78 is 7.60. The number of para-hydroxylation sites is 1. The van der Waals surface area contributed by atoms with E-state index in [1.807, 2.05) is 79.2 Å². The minimum Gasteiger partial charge on any atom is -0.465 e. The zero-order valence-electron chi connectivity index (χ0n) is 18.6. The van der Waals surface area contributed by atoms with Gasteiger partial charge in [0.15, 0.2) is 0 Å². The van der Waals surface area contributed by atoms with Crippen LogP contribution in [0.5, 0.6) is 0 Å². The summed E-state index contributed by atoms with van der Waals surface area (Å²) in [6.07, 6.45) is 0. The predicted octanol–water partition coefficient (Wildman–Crippen LogP) is 5.96. The fourth-order valence-corrected chi connectivity index (χ4v) is 4.27. The number of esters is 1. The molecule has 0 radical (unpaired) electrons. The van der Waals surface area contributed by atoms with E-state index in [9.17, 15) is 9.59 Å². The average molecular weight is 506 g/mol. The van der Waals surface area contributed by atoms with E-state index in [0.717, 1.165) is 32.3 Å². The van der Waals surface area contributed by atoms with Crippen LogP contribution >= 0.6 is 15.9 Å². The zero-order valence-corrected chi connectivity index (χ0v) is 20.1. The average Bonchev–Trinajstić information content (AvgIpc) is 3.10. The molecule has 1 aromatic heterocycles. The van der Waals surface area contributed by atoms with E-state index in [0.29, 0.717) is 11.3 Å². The summed E-state index contributed by atoms with van der Waals surface area (Å²) in [5.74, 6) is -0.590. The first-order valence-corrected chi connectivity index (χ1v) is 11.3. The lowest BCUT2D eigenvalue weighted by Crippen LogP contribution is -2.29. The highest BCUT2D eigenvalue weighted by Crippen LogP contribution is 2.33. The predicted molar refractivity (Wildman–Crippen MR) is 134 cm³/mol. The Hall–Kier alpha value is -3.58. The van der Waals surface area contributed by atoms with Crippen LogP contribution in [-0.4, -0.2) is 23.6 Å². The Kier molecular flexibility index (Phi) is 6.51. The topological polar surface area (TPSA) is 72.4 Å². The highest BCUT2D eigenvalue weighted by Gasteiger charge is 2.23. The molecule has 0 bridgehead atoms. The fourth-order valence-electron chi connectivity index (χ4n) is 3.87. The zero-order chi connectivity index (χ0) is 23.5. The first-order valence-electron chi connectivity index (χ1n) is 10.5. The van der Waals surface area contributed by atoms with Gasteiger partial charge in [-0.1, -0.05) is 52.3 Å². The van der Waals surface area contributed by atoms with Crippen LogP contribution in [0.2, 0.25) is 0 Å². The molecule has 0 spiro atoms. The van der Waals surface area contributed by atoms with Crippen LogP contribution in [-0.2, 0) is 11.8 Å². The largest absolute Gasteiger partial charge is 0.465 e. The highest BCUT2D eigenvalue weighted by atomic mass is 79.9. The number of aromatic nitrogens is 1. The number of carbonyl (C=O) groups is 2. The molecule has 4 rings (SSSR count). The van der Waals surface area contributed by atoms with Crippen LogP contribution in [0.25, 0.3) is 10.9 Å². The first-order chi connectivity index (χ1) is 15.9. The standard InChI is InChI=1S/C26H24BrN3O3/c1-16(17-11-13-18(14-12-17)26(32)33-3)28-25(31)24-23(29-20-8-6-7-19(27)15-20)21-9-4-5-10-22(21)30(24)2/h4-16,29H,1-3H3,(H,28,31). The second kappa shape index (κ2) is 9.50. The first kappa shape index (κ1) is 22.6. The number of rotatable bonds is 6. The molecule has 3 aromatic carbocycles. The maximum absolute atomic E-state index is 13.5. The van der Waals surface area contributed by atoms with Crippen LogP contribution in [0.4, 0.5) is 11.4 Å². The van der Waals surface area contributed by atoms with E-state index in [-0.39, 0.29) is 11.9 Å². The number of hydrogen-bond donors (Lipinski definition) is 2. The molecule has 2 N–H and O–H groups in total. The minimum absolute atomic E-state index is 0.198. The van der Waals surface area contributed by atoms with Crippen LogP contribution in [0.15, 0.2) is 77.3 Å². The molecule has 168 valence electrons. The van der Waals surface area contributed by atoms with Gasteiger partial charge in [0.1, 0.15) is 5.69 Å². The number of ether oxygens (including phenoxy) is 1. The Morgan fingerprint density at radius 3 is 2.42 bits per heavy atom. The number of fused-ring (bicyclic) bond motifs is 1. The van der Waals surface area contributed by atoms with Crippen LogP contribution in [0.3, 0.4) is 0 Å². The van der Waals surface area contributed by atoms with Gasteiger partial charge in [-0.25, -0.2) is 4.79 Å². The molecule has 0 aliphatic rings. The monoisotopic (exact) mass is 505 g/mol. The van der Waals surface area contributed by atoms with Crippen molar-refractivity contribution in [2.45, 2.75) is 13.0 Å². The van der Waals surface area contributed by atoms with E-state index in [2.05, 4.69) is 26.6 Å². The molecule has 0 saturated carbocycles. The maximum atomic E-state index is 13.5. The summed E-state index contributed by atoms with van der Waals surface area (Å²) >= 11 is 3.50. The summed E-state index contributed by atoms with van der Waals surface area (Å²) in [6.45, 7) is 1.91. The van der Waals surface area contributed by atoms with Gasteiger partial charge >= 0.3 is 5.97 Å². The van der Waals surface area contributed by atoms with Gasteiger partial charge in [-0.15, -0.1) is 0 Å². The van der Waals surface area contributed by atoms with Crippen molar-refractivity contribution in [2.24, 2.45) is 7.05 Å². The Labute approximate surface area is 200 Å². The van der Waals surface area contributed by atoms with Crippen molar-refractivity contribution in [1.29, 1.82) is 0 Å². The number of anilines is 2. The van der Waals surface area contributed by atoms with Gasteiger partial charge in [-0.2, -0.15) is 0 Å². The van der Waals surface area contributed by atoms with E-state index in [1.165, 1.54) is 7.11 Å². The van der Waals surface area contributed by atoms with E-state index in [1.54, 1.807) is 12.1 Å². The highest BCUT2D eigenvalue weighted by molar-refractivity contribution is 9.10. The summed E-state index contributed by atoms with van der Waals surface area (Å²) in [4.78, 5) is 25.1. The molecule has 0 aliphatic carbocycles. The Morgan fingerprint density at radius 1 is 1.00 bits per heavy atom. The number of nitrogens with zero attached hydrogens (tertiary/aromatic N) is 1. The molecule has 0 fully saturated rings. The molecule has 7 heteroatoms. The third kappa shape index (κ3) is 4.64. The lowest BCUT2D eigenvalue weighted by molar-refractivity contribution is 0.0600. The van der Waals surface area contributed by atoms with Crippen molar-refractivity contribution in [1.82, 2.24) is 9.88 Å². The molecule has 33 heavy (non-hydrogen) atoms. The van der Waals surface area contributed by atoms with Crippen molar-refractivity contribution in [2.75, 3.05) is 12.4 Å². The van der Waals surface area contributed by atoms with E-state index in [4.69, 9.17) is 4.74 Å². The maximum Gasteiger partial charge on any atom is 0.337 e. The number of carbonyl (C=O) groups excluding carboxylic acids is 2. The van der Waals surface area contributed by atoms with Gasteiger partial charge in [0.25, 0.3) is 5.91 Å². The molecule has 1 atom stereocenters. The van der Waals surface area contributed by atoms with Crippen molar-refractivity contribution in [3.8, 4) is 0 Å². The second-order valence-corrected chi connectivity index (χ2v) is 8.66. The second-order valence-electron chi connectivity index (χ2n) is 7.74. The van der Waals surface area contributed by atoms with Gasteiger partial charge in [0, 0.05) is 22.6 Å². The van der Waals surface area contributed by atoms with Crippen LogP contribution in [0.1, 0.15) is 39.4 Å². The Balaban J connectivity index is 1.66. The molecule has 0 aliphatic heterocycles. The number of methoxy groups -OCH3 is 1. The van der Waals surface area contributed by atoms with E-state index >= 15 is 0 Å². The van der Waals surface area contributed by atoms with Crippen LogP contribution in [0, 0.1) is 0 Å². The molecule has 1 amide bonds. The van der Waals surface area contributed by atoms with E-state index < -0.39 is 5.97 Å². The molecule has 1 heterocycles. The minimum atomic E-state index is -0.392. The molecule has 1 unspecified atom stereocenters. The van der Waals surface area contributed by atoms with Gasteiger partial charge in [0.05, 0.1) is 29.9 Å². The normalized spacial score (nSPS) is 11.8. The van der Waals surface area contributed by atoms with Crippen LogP contribution < -0.4 is 10.6 Å². The number of halogens is 1. The number of hydrogen-bond acceptors (Lipinski definition) is 4. The van der Waals surface area contributed by atoms with Crippen molar-refractivity contribution in [3.05, 3.63) is 94.1 Å². The van der Waals surface area contributed by atoms with Crippen molar-refractivity contribution >= 4 is 50.1 Å². The van der Waals surface area contributed by atoms with Gasteiger partial charge in [0.2, 0.25) is 0 Å². The van der Waals surface area contributed by atoms with Crippen molar-refractivity contribution < 1.29 is 14.3 Å². The summed E-state index contributed by atoms with van der Waals surface area (Å²) in [7, 11) is 3.24. The Morgan fingerprint density at radius 2 is 1.73 bits per heavy atom. The number of amides is 1. The molecular formula is C26H24BrN3O3. The lowest BCUT2D eigenvalue weighted by atomic mass is 10.1. The smallest absolute Gasteiger partial charge is 0.337 e. The summed E-state index contributed by atoms with van der Waals surface area (Å²) in [5.41, 5.74) is 4.47. The number of nitrogens with one attached hydrogen (secondary N) is 2. The van der Waals surface area contributed by atoms with Gasteiger partial charge in [-0.3, -0.25) is 4.79 Å². The SMILES string of the molecule is COC(=O)c1ccc(C(C)NC(=O)c2c(Nc3cccc(Br)c3)c3ccccc3n2C)cc1. The Bertz CT molecular complexity index is 1330. The molecule has 4 aromatic rings. The fraction of sp³-hybridized carbons (Fsp3) is 0.154. The molecule has 0 saturated heterocycles. The number of aryl methyl sites for hydroxylation is 1. The quantitative estimate of drug-likeness (QED) is 0.317. The lowest BCUT2D eigenvalue weighted by Gasteiger charge is -2.17. The third-order valence-electron chi connectivity index (χ3n) is 5.60. The molecular weight excluding hydrogens is 482 g/mol. The van der Waals surface area contributed by atoms with Crippen molar-refractivity contribution in [3.63, 3.8) is 0 Å². The van der Waals surface area contributed by atoms with Gasteiger partial charge in [-0.05, 0) is 48.9 Å². The molecule has 6 nitrogen and oxygen atoms in total. The number of benzene rings is 3. The summed E-state index contributed by atoms with van der Waals surface area (Å²) in [5, 5.41) is 7.48.